The summed E-state index contributed by atoms with van der Waals surface area (Å²) in [5.74, 6) is -0.242. The average molecular weight is 309 g/mol. The minimum atomic E-state index is -0.242. The van der Waals surface area contributed by atoms with Crippen LogP contribution < -0.4 is 5.43 Å². The van der Waals surface area contributed by atoms with Crippen LogP contribution in [0.5, 0.6) is 0 Å². The van der Waals surface area contributed by atoms with Gasteiger partial charge in [-0.2, -0.15) is 5.10 Å². The molecule has 0 atom stereocenters. The van der Waals surface area contributed by atoms with Crippen LogP contribution in [0.2, 0.25) is 5.02 Å². The van der Waals surface area contributed by atoms with Gasteiger partial charge in [0.2, 0.25) is 0 Å². The maximum Gasteiger partial charge on any atom is 0.283 e. The number of hydrazone groups is 1. The van der Waals surface area contributed by atoms with Crippen LogP contribution >= 0.6 is 22.9 Å². The molecule has 1 N–H and O–H groups in total. The number of halogens is 1. The number of rotatable bonds is 4. The normalized spacial score (nSPS) is 10.6. The topological polar surface area (TPSA) is 41.5 Å². The summed E-state index contributed by atoms with van der Waals surface area (Å²) in [4.78, 5) is 12.7. The van der Waals surface area contributed by atoms with E-state index in [1.165, 1.54) is 11.3 Å². The van der Waals surface area contributed by atoms with E-state index in [4.69, 9.17) is 11.6 Å². The highest BCUT2D eigenvalue weighted by atomic mass is 35.5. The molecule has 1 aromatic heterocycles. The lowest BCUT2D eigenvalue weighted by molar-refractivity contribution is 0.0959. The summed E-state index contributed by atoms with van der Waals surface area (Å²) in [5.41, 5.74) is 4.71. The molecule has 0 radical (unpaired) electrons. The molecule has 1 aromatic carbocycles. The van der Waals surface area contributed by atoms with Gasteiger partial charge < -0.3 is 0 Å². The predicted molar refractivity (Wildman–Crippen MR) is 87.1 cm³/mol. The Morgan fingerprint density at radius 2 is 2.05 bits per heavy atom. The highest BCUT2D eigenvalue weighted by Crippen LogP contribution is 2.35. The zero-order valence-electron chi connectivity index (χ0n) is 11.8. The summed E-state index contributed by atoms with van der Waals surface area (Å²) >= 11 is 7.69. The van der Waals surface area contributed by atoms with Crippen molar-refractivity contribution in [1.29, 1.82) is 0 Å². The van der Waals surface area contributed by atoms with Crippen molar-refractivity contribution in [3.8, 4) is 0 Å². The number of aryl methyl sites for hydroxylation is 1. The molecule has 0 bridgehead atoms. The van der Waals surface area contributed by atoms with Crippen LogP contribution in [0.15, 0.2) is 23.3 Å². The lowest BCUT2D eigenvalue weighted by Crippen LogP contribution is -2.18. The first-order valence-corrected chi connectivity index (χ1v) is 7.80. The van der Waals surface area contributed by atoms with Gasteiger partial charge in [0.05, 0.1) is 5.02 Å². The summed E-state index contributed by atoms with van der Waals surface area (Å²) in [7, 11) is 0. The van der Waals surface area contributed by atoms with Gasteiger partial charge in [0.1, 0.15) is 4.88 Å². The Morgan fingerprint density at radius 3 is 2.70 bits per heavy atom. The van der Waals surface area contributed by atoms with E-state index in [1.54, 1.807) is 0 Å². The van der Waals surface area contributed by atoms with Crippen molar-refractivity contribution < 1.29 is 4.79 Å². The van der Waals surface area contributed by atoms with Crippen molar-refractivity contribution >= 4 is 44.6 Å². The third-order valence-electron chi connectivity index (χ3n) is 3.12. The van der Waals surface area contributed by atoms with Crippen LogP contribution in [-0.4, -0.2) is 11.6 Å². The molecule has 0 aliphatic rings. The third-order valence-corrected chi connectivity index (χ3v) is 4.78. The van der Waals surface area contributed by atoms with E-state index >= 15 is 0 Å². The zero-order chi connectivity index (χ0) is 14.7. The number of benzene rings is 1. The maximum absolute atomic E-state index is 12.2. The standard InChI is InChI=1S/C15H17ClN2OS/c1-4-10(5-2)17-18-15(19)14-13(16)11-7-6-9(3)8-12(11)20-14/h6-8H,4-5H2,1-3H3,(H,18,19). The van der Waals surface area contributed by atoms with Crippen molar-refractivity contribution in [3.05, 3.63) is 33.7 Å². The van der Waals surface area contributed by atoms with Crippen molar-refractivity contribution in [3.63, 3.8) is 0 Å². The Bertz CT molecular complexity index is 670. The van der Waals surface area contributed by atoms with Gasteiger partial charge in [0.25, 0.3) is 5.91 Å². The molecule has 0 spiro atoms. The smallest absolute Gasteiger partial charge is 0.266 e. The quantitative estimate of drug-likeness (QED) is 0.641. The van der Waals surface area contributed by atoms with Crippen LogP contribution in [0.4, 0.5) is 0 Å². The van der Waals surface area contributed by atoms with Gasteiger partial charge >= 0.3 is 0 Å². The third kappa shape index (κ3) is 3.02. The first kappa shape index (κ1) is 15.0. The van der Waals surface area contributed by atoms with E-state index in [-0.39, 0.29) is 5.91 Å². The molecule has 5 heteroatoms. The first-order chi connectivity index (χ1) is 9.56. The largest absolute Gasteiger partial charge is 0.283 e. The zero-order valence-corrected chi connectivity index (χ0v) is 13.4. The molecule has 0 fully saturated rings. The molecular weight excluding hydrogens is 292 g/mol. The Hall–Kier alpha value is -1.39. The van der Waals surface area contributed by atoms with Crippen LogP contribution in [0, 0.1) is 6.92 Å². The van der Waals surface area contributed by atoms with Gasteiger partial charge in [0, 0.05) is 15.8 Å². The van der Waals surface area contributed by atoms with Gasteiger partial charge in [-0.3, -0.25) is 4.79 Å². The number of thiophene rings is 1. The Labute approximate surface area is 127 Å². The predicted octanol–water partition coefficient (Wildman–Crippen LogP) is 4.77. The molecule has 106 valence electrons. The molecule has 0 aliphatic heterocycles. The number of nitrogens with zero attached hydrogens (tertiary/aromatic N) is 1. The van der Waals surface area contributed by atoms with Crippen molar-refractivity contribution in [2.45, 2.75) is 33.6 Å². The number of amides is 1. The molecule has 3 nitrogen and oxygen atoms in total. The molecule has 0 saturated heterocycles. The Kier molecular flexibility index (Phi) is 4.78. The van der Waals surface area contributed by atoms with E-state index in [0.29, 0.717) is 9.90 Å². The van der Waals surface area contributed by atoms with Crippen LogP contribution in [-0.2, 0) is 0 Å². The number of nitrogens with one attached hydrogen (secondary N) is 1. The highest BCUT2D eigenvalue weighted by molar-refractivity contribution is 7.21. The van der Waals surface area contributed by atoms with Crippen LogP contribution in [0.25, 0.3) is 10.1 Å². The van der Waals surface area contributed by atoms with Crippen molar-refractivity contribution in [1.82, 2.24) is 5.43 Å². The molecule has 0 aliphatic carbocycles. The minimum absolute atomic E-state index is 0.242. The van der Waals surface area contributed by atoms with E-state index < -0.39 is 0 Å². The van der Waals surface area contributed by atoms with Gasteiger partial charge in [-0.1, -0.05) is 37.6 Å². The van der Waals surface area contributed by atoms with E-state index in [2.05, 4.69) is 10.5 Å². The Morgan fingerprint density at radius 1 is 1.35 bits per heavy atom. The number of carbonyl (C=O) groups is 1. The molecule has 0 unspecified atom stereocenters. The monoisotopic (exact) mass is 308 g/mol. The fourth-order valence-corrected chi connectivity index (χ4v) is 3.41. The maximum atomic E-state index is 12.2. The average Bonchev–Trinajstić information content (AvgIpc) is 2.76. The van der Waals surface area contributed by atoms with Crippen LogP contribution in [0.1, 0.15) is 41.9 Å². The fraction of sp³-hybridized carbons (Fsp3) is 0.333. The first-order valence-electron chi connectivity index (χ1n) is 6.61. The summed E-state index contributed by atoms with van der Waals surface area (Å²) in [6, 6.07) is 5.98. The lowest BCUT2D eigenvalue weighted by atomic mass is 10.2. The van der Waals surface area contributed by atoms with Gasteiger partial charge in [-0.05, 0) is 31.4 Å². The number of carbonyl (C=O) groups excluding carboxylic acids is 1. The fourth-order valence-electron chi connectivity index (χ4n) is 1.91. The molecule has 2 rings (SSSR count). The summed E-state index contributed by atoms with van der Waals surface area (Å²) in [6.45, 7) is 6.05. The van der Waals surface area contributed by atoms with E-state index in [9.17, 15) is 4.79 Å². The molecule has 2 aromatic rings. The molecule has 1 amide bonds. The molecule has 20 heavy (non-hydrogen) atoms. The van der Waals surface area contributed by atoms with Crippen LogP contribution in [0.3, 0.4) is 0 Å². The van der Waals surface area contributed by atoms with Crippen molar-refractivity contribution in [2.24, 2.45) is 5.10 Å². The number of fused-ring (bicyclic) bond motifs is 1. The van der Waals surface area contributed by atoms with Crippen molar-refractivity contribution in [2.75, 3.05) is 0 Å². The second-order valence-corrected chi connectivity index (χ2v) is 6.00. The molecule has 1 heterocycles. The van der Waals surface area contributed by atoms with Gasteiger partial charge in [0.15, 0.2) is 0 Å². The molecular formula is C15H17ClN2OS. The van der Waals surface area contributed by atoms with E-state index in [1.807, 2.05) is 39.0 Å². The molecule has 0 saturated carbocycles. The van der Waals surface area contributed by atoms with Gasteiger partial charge in [-0.15, -0.1) is 11.3 Å². The highest BCUT2D eigenvalue weighted by Gasteiger charge is 2.16. The summed E-state index contributed by atoms with van der Waals surface area (Å²) < 4.78 is 1.02. The minimum Gasteiger partial charge on any atom is -0.266 e. The second-order valence-electron chi connectivity index (χ2n) is 4.57. The number of hydrogen-bond donors (Lipinski definition) is 1. The second kappa shape index (κ2) is 6.37. The lowest BCUT2D eigenvalue weighted by Gasteiger charge is -2.01. The van der Waals surface area contributed by atoms with E-state index in [0.717, 1.165) is 34.2 Å². The summed E-state index contributed by atoms with van der Waals surface area (Å²) in [6.07, 6.45) is 1.66. The number of hydrogen-bond acceptors (Lipinski definition) is 3. The van der Waals surface area contributed by atoms with Gasteiger partial charge in [-0.25, -0.2) is 5.43 Å². The Balaban J connectivity index is 2.31. The SMILES string of the molecule is CCC(CC)=NNC(=O)c1sc2cc(C)ccc2c1Cl. The summed E-state index contributed by atoms with van der Waals surface area (Å²) in [5, 5.41) is 5.56.